The summed E-state index contributed by atoms with van der Waals surface area (Å²) in [4.78, 5) is 0. The summed E-state index contributed by atoms with van der Waals surface area (Å²) in [6.45, 7) is 6.43. The fourth-order valence-corrected chi connectivity index (χ4v) is 3.60. The molecule has 1 nitrogen and oxygen atoms in total. The van der Waals surface area contributed by atoms with Crippen molar-refractivity contribution in [2.75, 3.05) is 0 Å². The molecule has 3 fully saturated rings. The molecule has 86 valence electrons. The number of rotatable bonds is 1. The minimum absolute atomic E-state index is 0.462. The largest absolute Gasteiger partial charge is 0.328 e. The van der Waals surface area contributed by atoms with Gasteiger partial charge in [0.25, 0.3) is 0 Å². The summed E-state index contributed by atoms with van der Waals surface area (Å²) in [6.07, 6.45) is 11.5. The van der Waals surface area contributed by atoms with Crippen molar-refractivity contribution in [2.45, 2.75) is 57.9 Å². The zero-order valence-corrected chi connectivity index (χ0v) is 10.0. The Labute approximate surface area is 94.1 Å². The van der Waals surface area contributed by atoms with Crippen molar-refractivity contribution in [3.8, 4) is 0 Å². The maximum atomic E-state index is 6.11. The van der Waals surface area contributed by atoms with Gasteiger partial charge in [-0.25, -0.2) is 0 Å². The summed E-state index contributed by atoms with van der Waals surface area (Å²) in [6, 6.07) is 0.462. The normalized spacial score (nSPS) is 46.7. The van der Waals surface area contributed by atoms with Gasteiger partial charge >= 0.3 is 0 Å². The van der Waals surface area contributed by atoms with Crippen LogP contribution in [-0.2, 0) is 0 Å². The van der Waals surface area contributed by atoms with Crippen LogP contribution in [0.15, 0.2) is 12.7 Å². The second kappa shape index (κ2) is 4.29. The standard InChI is InChI=1S/C14H25N/c1-3-14-8-11(2)4-6-13(15)7-5-12(9-14)10-14/h3,11-13H,1,4-10,15H2,2H3/t11?,12?,13-,14?/m1/s1. The predicted molar refractivity (Wildman–Crippen MR) is 65.6 cm³/mol. The molecule has 0 amide bonds. The molecule has 2 atom stereocenters. The quantitative estimate of drug-likeness (QED) is 0.654. The lowest BCUT2D eigenvalue weighted by molar-refractivity contribution is 0.0635. The fraction of sp³-hybridized carbons (Fsp3) is 0.857. The number of fused-ring (bicyclic) bond motifs is 6. The van der Waals surface area contributed by atoms with Crippen LogP contribution in [0.3, 0.4) is 0 Å². The van der Waals surface area contributed by atoms with Gasteiger partial charge in [-0.05, 0) is 62.2 Å². The number of nitrogens with two attached hydrogens (primary N) is 1. The van der Waals surface area contributed by atoms with Gasteiger partial charge in [-0.2, -0.15) is 0 Å². The van der Waals surface area contributed by atoms with E-state index in [4.69, 9.17) is 5.73 Å². The van der Waals surface area contributed by atoms with E-state index in [0.717, 1.165) is 11.8 Å². The van der Waals surface area contributed by atoms with Crippen molar-refractivity contribution in [1.29, 1.82) is 0 Å². The lowest BCUT2D eigenvalue weighted by Crippen LogP contribution is -2.39. The van der Waals surface area contributed by atoms with E-state index in [-0.39, 0.29) is 0 Å². The Kier molecular flexibility index (Phi) is 3.20. The van der Waals surface area contributed by atoms with Gasteiger partial charge in [-0.15, -0.1) is 6.58 Å². The first-order valence-electron chi connectivity index (χ1n) is 6.53. The zero-order valence-electron chi connectivity index (χ0n) is 10.0. The van der Waals surface area contributed by atoms with Crippen molar-refractivity contribution in [2.24, 2.45) is 23.0 Å². The lowest BCUT2D eigenvalue weighted by atomic mass is 9.57. The highest BCUT2D eigenvalue weighted by molar-refractivity contribution is 5.05. The minimum atomic E-state index is 0.462. The van der Waals surface area contributed by atoms with Crippen molar-refractivity contribution < 1.29 is 0 Å². The molecule has 2 N–H and O–H groups in total. The van der Waals surface area contributed by atoms with Gasteiger partial charge in [0.15, 0.2) is 0 Å². The molecule has 3 aliphatic rings. The fourth-order valence-electron chi connectivity index (χ4n) is 3.60. The molecule has 1 heteroatoms. The molecule has 15 heavy (non-hydrogen) atoms. The average molecular weight is 207 g/mol. The van der Waals surface area contributed by atoms with E-state index in [0.29, 0.717) is 11.5 Å². The molecule has 0 aromatic carbocycles. The van der Waals surface area contributed by atoms with Crippen LogP contribution in [0.4, 0.5) is 0 Å². The van der Waals surface area contributed by atoms with E-state index in [9.17, 15) is 0 Å². The summed E-state index contributed by atoms with van der Waals surface area (Å²) in [5.74, 6) is 1.77. The molecular weight excluding hydrogens is 182 g/mol. The first-order chi connectivity index (χ1) is 7.13. The van der Waals surface area contributed by atoms with Gasteiger partial charge in [0.1, 0.15) is 0 Å². The first-order valence-corrected chi connectivity index (χ1v) is 6.53. The molecule has 0 aromatic heterocycles. The lowest BCUT2D eigenvalue weighted by Gasteiger charge is -2.48. The molecule has 0 aromatic rings. The monoisotopic (exact) mass is 207 g/mol. The summed E-state index contributed by atoms with van der Waals surface area (Å²) >= 11 is 0. The van der Waals surface area contributed by atoms with Crippen molar-refractivity contribution >= 4 is 0 Å². The van der Waals surface area contributed by atoms with Crippen LogP contribution < -0.4 is 5.73 Å². The van der Waals surface area contributed by atoms with E-state index in [1.54, 1.807) is 0 Å². The van der Waals surface area contributed by atoms with E-state index in [1.165, 1.54) is 44.9 Å². The Morgan fingerprint density at radius 2 is 1.80 bits per heavy atom. The zero-order chi connectivity index (χ0) is 10.9. The molecule has 2 bridgehead atoms. The Morgan fingerprint density at radius 1 is 1.13 bits per heavy atom. The summed E-state index contributed by atoms with van der Waals surface area (Å²) in [7, 11) is 0. The van der Waals surface area contributed by atoms with E-state index >= 15 is 0 Å². The topological polar surface area (TPSA) is 26.0 Å². The molecule has 0 radical (unpaired) electrons. The van der Waals surface area contributed by atoms with E-state index in [1.807, 2.05) is 0 Å². The Bertz CT molecular complexity index is 225. The second-order valence-electron chi connectivity index (χ2n) is 6.06. The molecule has 0 saturated heterocycles. The van der Waals surface area contributed by atoms with Crippen LogP contribution in [0.1, 0.15) is 51.9 Å². The van der Waals surface area contributed by atoms with Crippen LogP contribution >= 0.6 is 0 Å². The van der Waals surface area contributed by atoms with Gasteiger partial charge in [-0.3, -0.25) is 0 Å². The molecule has 0 heterocycles. The van der Waals surface area contributed by atoms with E-state index in [2.05, 4.69) is 19.6 Å². The molecule has 1 unspecified atom stereocenters. The smallest absolute Gasteiger partial charge is 0.00390 e. The van der Waals surface area contributed by atoms with Crippen LogP contribution in [-0.4, -0.2) is 6.04 Å². The van der Waals surface area contributed by atoms with Gasteiger partial charge < -0.3 is 5.73 Å². The Morgan fingerprint density at radius 3 is 2.47 bits per heavy atom. The van der Waals surface area contributed by atoms with Crippen LogP contribution in [0.2, 0.25) is 0 Å². The molecule has 3 rings (SSSR count). The van der Waals surface area contributed by atoms with Crippen LogP contribution in [0.25, 0.3) is 0 Å². The molecule has 0 spiro atoms. The van der Waals surface area contributed by atoms with Crippen molar-refractivity contribution in [3.63, 3.8) is 0 Å². The van der Waals surface area contributed by atoms with Gasteiger partial charge in [0.05, 0.1) is 0 Å². The first kappa shape index (κ1) is 11.2. The second-order valence-corrected chi connectivity index (χ2v) is 6.06. The van der Waals surface area contributed by atoms with Crippen LogP contribution in [0.5, 0.6) is 0 Å². The third kappa shape index (κ3) is 2.44. The third-order valence-electron chi connectivity index (χ3n) is 4.55. The van der Waals surface area contributed by atoms with Gasteiger partial charge in [0.2, 0.25) is 0 Å². The summed E-state index contributed by atoms with van der Waals surface area (Å²) < 4.78 is 0. The Balaban J connectivity index is 1.98. The maximum absolute atomic E-state index is 6.11. The SMILES string of the molecule is C=CC12CC(C)CC[C@@H](N)CCC(C1)C2. The summed E-state index contributed by atoms with van der Waals surface area (Å²) in [5, 5.41) is 0. The Hall–Kier alpha value is -0.300. The average Bonchev–Trinajstić information content (AvgIpc) is 2.17. The number of hydrogen-bond acceptors (Lipinski definition) is 1. The highest BCUT2D eigenvalue weighted by atomic mass is 14.6. The van der Waals surface area contributed by atoms with Gasteiger partial charge in [0, 0.05) is 6.04 Å². The minimum Gasteiger partial charge on any atom is -0.328 e. The van der Waals surface area contributed by atoms with Crippen molar-refractivity contribution in [3.05, 3.63) is 12.7 Å². The number of hydrogen-bond donors (Lipinski definition) is 1. The highest BCUT2D eigenvalue weighted by Gasteiger charge is 2.42. The van der Waals surface area contributed by atoms with Gasteiger partial charge in [-0.1, -0.05) is 13.0 Å². The molecule has 3 saturated carbocycles. The third-order valence-corrected chi connectivity index (χ3v) is 4.55. The predicted octanol–water partition coefficient (Wildman–Crippen LogP) is 3.50. The maximum Gasteiger partial charge on any atom is 0.00390 e. The highest BCUT2D eigenvalue weighted by Crippen LogP contribution is 2.53. The molecule has 3 aliphatic carbocycles. The van der Waals surface area contributed by atoms with Crippen LogP contribution in [0, 0.1) is 17.3 Å². The molecular formula is C14H25N. The summed E-state index contributed by atoms with van der Waals surface area (Å²) in [5.41, 5.74) is 6.62. The number of allylic oxidation sites excluding steroid dienone is 1. The molecule has 0 aliphatic heterocycles. The van der Waals surface area contributed by atoms with Crippen molar-refractivity contribution in [1.82, 2.24) is 0 Å². The van der Waals surface area contributed by atoms with E-state index < -0.39 is 0 Å².